The second-order valence-corrected chi connectivity index (χ2v) is 11.1. The highest BCUT2D eigenvalue weighted by Gasteiger charge is 2.58. The van der Waals surface area contributed by atoms with E-state index in [9.17, 15) is 14.4 Å². The van der Waals surface area contributed by atoms with E-state index in [0.29, 0.717) is 42.3 Å². The van der Waals surface area contributed by atoms with Crippen LogP contribution in [0.15, 0.2) is 11.1 Å². The molecule has 0 saturated heterocycles. The molecule has 4 nitrogen and oxygen atoms in total. The minimum absolute atomic E-state index is 0.0106. The first kappa shape index (κ1) is 21.8. The molecule has 0 N–H and O–H groups in total. The van der Waals surface area contributed by atoms with Crippen LogP contribution in [0.25, 0.3) is 0 Å². The van der Waals surface area contributed by atoms with E-state index in [4.69, 9.17) is 4.74 Å². The van der Waals surface area contributed by atoms with Crippen molar-refractivity contribution in [3.63, 3.8) is 0 Å². The Morgan fingerprint density at radius 3 is 2.70 bits per heavy atom. The van der Waals surface area contributed by atoms with Crippen molar-refractivity contribution < 1.29 is 19.1 Å². The van der Waals surface area contributed by atoms with Gasteiger partial charge in [-0.25, -0.2) is 0 Å². The van der Waals surface area contributed by atoms with Gasteiger partial charge < -0.3 is 9.53 Å². The lowest BCUT2D eigenvalue weighted by molar-refractivity contribution is -0.152. The Morgan fingerprint density at radius 1 is 1.23 bits per heavy atom. The van der Waals surface area contributed by atoms with Crippen LogP contribution in [0.4, 0.5) is 0 Å². The van der Waals surface area contributed by atoms with Gasteiger partial charge in [0, 0.05) is 25.3 Å². The Balaban J connectivity index is 1.61. The normalized spacial score (nSPS) is 41.5. The molecule has 0 unspecified atom stereocenters. The van der Waals surface area contributed by atoms with E-state index in [0.717, 1.165) is 51.2 Å². The second kappa shape index (κ2) is 7.91. The number of allylic oxidation sites excluding steroid dienone is 2. The van der Waals surface area contributed by atoms with Crippen molar-refractivity contribution in [2.75, 3.05) is 0 Å². The minimum atomic E-state index is -0.165. The number of esters is 1. The molecular weight excluding hydrogens is 376 g/mol. The van der Waals surface area contributed by atoms with E-state index in [1.54, 1.807) is 0 Å². The van der Waals surface area contributed by atoms with Gasteiger partial charge in [0.25, 0.3) is 0 Å². The molecule has 4 aliphatic carbocycles. The molecule has 3 saturated carbocycles. The molecule has 0 radical (unpaired) electrons. The molecule has 4 aliphatic rings. The number of ketones is 1. The Kier molecular flexibility index (Phi) is 5.74. The highest BCUT2D eigenvalue weighted by Crippen LogP contribution is 2.65. The largest absolute Gasteiger partial charge is 0.463 e. The predicted molar refractivity (Wildman–Crippen MR) is 116 cm³/mol. The first-order valence-electron chi connectivity index (χ1n) is 12.1. The fraction of sp³-hybridized carbons (Fsp3) is 0.808. The highest BCUT2D eigenvalue weighted by atomic mass is 16.5. The molecule has 4 rings (SSSR count). The van der Waals surface area contributed by atoms with Crippen molar-refractivity contribution in [2.45, 2.75) is 98.0 Å². The minimum Gasteiger partial charge on any atom is -0.463 e. The van der Waals surface area contributed by atoms with Crippen molar-refractivity contribution in [3.8, 4) is 0 Å². The van der Waals surface area contributed by atoms with E-state index in [2.05, 4.69) is 20.8 Å². The molecule has 3 fully saturated rings. The molecule has 0 bridgehead atoms. The number of aldehydes is 1. The Hall–Kier alpha value is -1.45. The van der Waals surface area contributed by atoms with E-state index in [1.807, 2.05) is 0 Å². The molecule has 0 aromatic rings. The summed E-state index contributed by atoms with van der Waals surface area (Å²) >= 11 is 0. The smallest absolute Gasteiger partial charge is 0.302 e. The van der Waals surface area contributed by atoms with Crippen LogP contribution in [0.1, 0.15) is 91.9 Å². The molecule has 0 spiro atoms. The summed E-state index contributed by atoms with van der Waals surface area (Å²) in [6.45, 7) is 8.53. The van der Waals surface area contributed by atoms with Crippen LogP contribution in [0.2, 0.25) is 0 Å². The summed E-state index contributed by atoms with van der Waals surface area (Å²) in [6, 6.07) is 0. The third-order valence-corrected chi connectivity index (χ3v) is 9.57. The second-order valence-electron chi connectivity index (χ2n) is 11.1. The van der Waals surface area contributed by atoms with Gasteiger partial charge in [0.2, 0.25) is 0 Å². The van der Waals surface area contributed by atoms with Gasteiger partial charge in [0.15, 0.2) is 5.78 Å². The van der Waals surface area contributed by atoms with Gasteiger partial charge in [-0.05, 0) is 85.9 Å². The Morgan fingerprint density at radius 2 is 2.00 bits per heavy atom. The van der Waals surface area contributed by atoms with Gasteiger partial charge in [0.05, 0.1) is 0 Å². The van der Waals surface area contributed by atoms with Gasteiger partial charge in [0.1, 0.15) is 12.4 Å². The van der Waals surface area contributed by atoms with Crippen LogP contribution in [-0.2, 0) is 19.1 Å². The molecule has 0 amide bonds. The van der Waals surface area contributed by atoms with Crippen molar-refractivity contribution in [1.29, 1.82) is 0 Å². The standard InChI is InChI=1S/C26H38O4/c1-16(6-5-13-27)22-15-23(29)24-20-8-7-18-14-19(30-17(2)28)9-11-25(18,3)21(20)10-12-26(22,24)4/h13,16,18-19,21-22H,5-12,14-15H2,1-4H3/t16-,18+,19+,21+,22-,25+,26-/m1/s1. The predicted octanol–water partition coefficient (Wildman–Crippen LogP) is 5.44. The zero-order chi connectivity index (χ0) is 21.7. The molecule has 166 valence electrons. The number of Topliss-reactive ketones (excluding diaryl/α,β-unsaturated/α-hetero) is 1. The van der Waals surface area contributed by atoms with Crippen molar-refractivity contribution in [3.05, 3.63) is 11.1 Å². The third kappa shape index (κ3) is 3.39. The number of carbonyl (C=O) groups excluding carboxylic acids is 3. The van der Waals surface area contributed by atoms with Crippen LogP contribution >= 0.6 is 0 Å². The maximum Gasteiger partial charge on any atom is 0.302 e. The molecule has 0 heterocycles. The molecule has 7 atom stereocenters. The fourth-order valence-corrected chi connectivity index (χ4v) is 8.03. The molecule has 0 aromatic heterocycles. The zero-order valence-corrected chi connectivity index (χ0v) is 19.2. The lowest BCUT2D eigenvalue weighted by Crippen LogP contribution is -2.49. The fourth-order valence-electron chi connectivity index (χ4n) is 8.03. The number of hydrogen-bond acceptors (Lipinski definition) is 4. The van der Waals surface area contributed by atoms with E-state index in [-0.39, 0.29) is 22.9 Å². The van der Waals surface area contributed by atoms with E-state index >= 15 is 0 Å². The molecule has 4 heteroatoms. The van der Waals surface area contributed by atoms with Gasteiger partial charge in [-0.15, -0.1) is 0 Å². The number of carbonyl (C=O) groups is 3. The first-order valence-corrected chi connectivity index (χ1v) is 12.1. The van der Waals surface area contributed by atoms with E-state index < -0.39 is 0 Å². The van der Waals surface area contributed by atoms with Crippen LogP contribution < -0.4 is 0 Å². The van der Waals surface area contributed by atoms with Crippen LogP contribution in [0, 0.1) is 34.5 Å². The van der Waals surface area contributed by atoms with Gasteiger partial charge >= 0.3 is 5.97 Å². The maximum absolute atomic E-state index is 13.3. The van der Waals surface area contributed by atoms with Crippen LogP contribution in [0.5, 0.6) is 0 Å². The number of fused-ring (bicyclic) bond motifs is 4. The number of rotatable bonds is 5. The summed E-state index contributed by atoms with van der Waals surface area (Å²) in [7, 11) is 0. The van der Waals surface area contributed by atoms with Gasteiger partial charge in [-0.2, -0.15) is 0 Å². The summed E-state index contributed by atoms with van der Waals surface area (Å²) in [5.41, 5.74) is 2.87. The van der Waals surface area contributed by atoms with E-state index in [1.165, 1.54) is 24.5 Å². The summed E-state index contributed by atoms with van der Waals surface area (Å²) in [5.74, 6) is 2.08. The third-order valence-electron chi connectivity index (χ3n) is 9.57. The first-order chi connectivity index (χ1) is 14.2. The van der Waals surface area contributed by atoms with Crippen molar-refractivity contribution in [2.24, 2.45) is 34.5 Å². The van der Waals surface area contributed by atoms with Crippen molar-refractivity contribution in [1.82, 2.24) is 0 Å². The quantitative estimate of drug-likeness (QED) is 0.444. The number of ether oxygens (including phenoxy) is 1. The van der Waals surface area contributed by atoms with Crippen molar-refractivity contribution >= 4 is 18.0 Å². The Bertz CT molecular complexity index is 767. The summed E-state index contributed by atoms with van der Waals surface area (Å²) in [6.07, 6.45) is 10.6. The monoisotopic (exact) mass is 414 g/mol. The molecule has 30 heavy (non-hydrogen) atoms. The Labute approximate surface area is 181 Å². The summed E-state index contributed by atoms with van der Waals surface area (Å²) in [5, 5.41) is 0. The van der Waals surface area contributed by atoms with Gasteiger partial charge in [-0.1, -0.05) is 26.3 Å². The topological polar surface area (TPSA) is 60.4 Å². The molecule has 0 aromatic carbocycles. The lowest BCUT2D eigenvalue weighted by atomic mass is 9.48. The summed E-state index contributed by atoms with van der Waals surface area (Å²) in [4.78, 5) is 35.6. The molecule has 0 aliphatic heterocycles. The van der Waals surface area contributed by atoms with Gasteiger partial charge in [-0.3, -0.25) is 9.59 Å². The maximum atomic E-state index is 13.3. The zero-order valence-electron chi connectivity index (χ0n) is 19.2. The average molecular weight is 415 g/mol. The molecular formula is C26H38O4. The number of hydrogen-bond donors (Lipinski definition) is 0. The highest BCUT2D eigenvalue weighted by molar-refractivity contribution is 6.00. The van der Waals surface area contributed by atoms with Crippen LogP contribution in [0.3, 0.4) is 0 Å². The SMILES string of the molecule is CC(=O)O[C@H]1CC[C@@]2(C)[C@@H](CCC3=C4C(=O)C[C@H]([C@H](C)CCC=O)[C@@]4(C)CC[C@@H]32)C1. The lowest BCUT2D eigenvalue weighted by Gasteiger charge is -2.56. The summed E-state index contributed by atoms with van der Waals surface area (Å²) < 4.78 is 5.57. The van der Waals surface area contributed by atoms with Crippen LogP contribution in [-0.4, -0.2) is 24.1 Å². The average Bonchev–Trinajstić information content (AvgIpc) is 2.97.